The fourth-order valence-corrected chi connectivity index (χ4v) is 4.80. The van der Waals surface area contributed by atoms with Crippen LogP contribution in [0.15, 0.2) is 59.5 Å². The van der Waals surface area contributed by atoms with Crippen molar-refractivity contribution in [2.45, 2.75) is 11.5 Å². The molecule has 126 valence electrons. The lowest BCUT2D eigenvalue weighted by Crippen LogP contribution is -1.96. The minimum absolute atomic E-state index is 0.274. The van der Waals surface area contributed by atoms with Crippen molar-refractivity contribution in [2.24, 2.45) is 0 Å². The van der Waals surface area contributed by atoms with Gasteiger partial charge in [-0.2, -0.15) is 0 Å². The molecular formula is C19H14O4S2. The summed E-state index contributed by atoms with van der Waals surface area (Å²) in [5.41, 5.74) is 3.79. The van der Waals surface area contributed by atoms with E-state index >= 15 is 0 Å². The van der Waals surface area contributed by atoms with E-state index in [0.717, 1.165) is 27.1 Å². The minimum Gasteiger partial charge on any atom is -0.457 e. The van der Waals surface area contributed by atoms with Crippen LogP contribution in [0.4, 0.5) is 0 Å². The molecule has 0 unspecified atom stereocenters. The lowest BCUT2D eigenvalue weighted by atomic mass is 9.98. The third-order valence-corrected chi connectivity index (χ3v) is 6.54. The molecule has 0 radical (unpaired) electrons. The van der Waals surface area contributed by atoms with Crippen LogP contribution in [0.2, 0.25) is 0 Å². The highest BCUT2D eigenvalue weighted by molar-refractivity contribution is 7.90. The van der Waals surface area contributed by atoms with Crippen molar-refractivity contribution in [2.75, 3.05) is 6.26 Å². The van der Waals surface area contributed by atoms with Crippen LogP contribution in [0.3, 0.4) is 0 Å². The molecule has 2 heterocycles. The highest BCUT2D eigenvalue weighted by Gasteiger charge is 2.30. The van der Waals surface area contributed by atoms with Crippen molar-refractivity contribution in [1.82, 2.24) is 0 Å². The first-order valence-electron chi connectivity index (χ1n) is 7.64. The van der Waals surface area contributed by atoms with Gasteiger partial charge in [-0.1, -0.05) is 42.5 Å². The van der Waals surface area contributed by atoms with Gasteiger partial charge < -0.3 is 4.74 Å². The largest absolute Gasteiger partial charge is 0.457 e. The third-order valence-electron chi connectivity index (χ3n) is 4.15. The molecule has 3 aromatic rings. The van der Waals surface area contributed by atoms with E-state index in [1.165, 1.54) is 17.6 Å². The molecule has 2 aromatic carbocycles. The molecule has 1 aliphatic rings. The smallest absolute Gasteiger partial charge is 0.349 e. The maximum atomic E-state index is 12.0. The molecule has 0 atom stereocenters. The first-order valence-corrected chi connectivity index (χ1v) is 10.3. The Morgan fingerprint density at radius 1 is 0.920 bits per heavy atom. The zero-order chi connectivity index (χ0) is 17.6. The van der Waals surface area contributed by atoms with Crippen LogP contribution in [0, 0.1) is 0 Å². The highest BCUT2D eigenvalue weighted by Crippen LogP contribution is 2.46. The number of cyclic esters (lactones) is 1. The van der Waals surface area contributed by atoms with Gasteiger partial charge in [0.1, 0.15) is 11.5 Å². The Hall–Kier alpha value is -2.44. The maximum Gasteiger partial charge on any atom is 0.349 e. The van der Waals surface area contributed by atoms with Gasteiger partial charge >= 0.3 is 5.97 Å². The van der Waals surface area contributed by atoms with Crippen LogP contribution in [-0.4, -0.2) is 20.6 Å². The molecule has 0 spiro atoms. The number of esters is 1. The van der Waals surface area contributed by atoms with Gasteiger partial charge in [0.15, 0.2) is 9.84 Å². The summed E-state index contributed by atoms with van der Waals surface area (Å²) in [6.45, 7) is 0.274. The topological polar surface area (TPSA) is 60.4 Å². The molecule has 0 saturated heterocycles. The Morgan fingerprint density at radius 3 is 2.24 bits per heavy atom. The zero-order valence-electron chi connectivity index (χ0n) is 13.4. The van der Waals surface area contributed by atoms with Crippen molar-refractivity contribution < 1.29 is 17.9 Å². The number of carbonyl (C=O) groups is 1. The average molecular weight is 370 g/mol. The van der Waals surface area contributed by atoms with Crippen molar-refractivity contribution in [1.29, 1.82) is 0 Å². The molecule has 0 bridgehead atoms. The second-order valence-corrected chi connectivity index (χ2v) is 8.89. The van der Waals surface area contributed by atoms with E-state index < -0.39 is 9.84 Å². The van der Waals surface area contributed by atoms with Gasteiger partial charge in [-0.05, 0) is 23.3 Å². The molecule has 0 aliphatic carbocycles. The molecule has 4 rings (SSSR count). The normalized spacial score (nSPS) is 13.6. The van der Waals surface area contributed by atoms with Gasteiger partial charge in [0.2, 0.25) is 0 Å². The van der Waals surface area contributed by atoms with Gasteiger partial charge in [0.05, 0.1) is 4.90 Å². The van der Waals surface area contributed by atoms with E-state index in [1.54, 1.807) is 24.3 Å². The Kier molecular flexibility index (Phi) is 3.74. The average Bonchev–Trinajstić information content (AvgIpc) is 3.15. The Labute approximate surface area is 149 Å². The Balaban J connectivity index is 1.91. The summed E-state index contributed by atoms with van der Waals surface area (Å²) in [4.78, 5) is 13.8. The number of fused-ring (bicyclic) bond motifs is 1. The standard InChI is InChI=1S/C19H14O4S2/c1-25(21,22)14-9-7-13(8-10-14)17-16(12-5-3-2-4-6-12)15-11-23-19(20)18(15)24-17/h2-10H,11H2,1H3. The number of hydrogen-bond acceptors (Lipinski definition) is 5. The van der Waals surface area contributed by atoms with E-state index in [0.29, 0.717) is 4.88 Å². The third kappa shape index (κ3) is 2.77. The lowest BCUT2D eigenvalue weighted by Gasteiger charge is -2.08. The summed E-state index contributed by atoms with van der Waals surface area (Å²) in [6.07, 6.45) is 1.19. The Morgan fingerprint density at radius 2 is 1.60 bits per heavy atom. The van der Waals surface area contributed by atoms with Gasteiger partial charge in [0, 0.05) is 22.3 Å². The van der Waals surface area contributed by atoms with Crippen LogP contribution in [-0.2, 0) is 21.2 Å². The first-order chi connectivity index (χ1) is 11.9. The number of carbonyl (C=O) groups excluding carboxylic acids is 1. The number of thiophene rings is 1. The monoisotopic (exact) mass is 370 g/mol. The van der Waals surface area contributed by atoms with Crippen LogP contribution < -0.4 is 0 Å². The van der Waals surface area contributed by atoms with E-state index in [2.05, 4.69) is 0 Å². The molecular weight excluding hydrogens is 356 g/mol. The fourth-order valence-electron chi connectivity index (χ4n) is 2.94. The molecule has 4 nitrogen and oxygen atoms in total. The predicted octanol–water partition coefficient (Wildman–Crippen LogP) is 4.16. The summed E-state index contributed by atoms with van der Waals surface area (Å²) in [7, 11) is -3.24. The number of hydrogen-bond donors (Lipinski definition) is 0. The van der Waals surface area contributed by atoms with Crippen molar-refractivity contribution in [3.63, 3.8) is 0 Å². The molecule has 25 heavy (non-hydrogen) atoms. The summed E-state index contributed by atoms with van der Waals surface area (Å²) in [5, 5.41) is 0. The summed E-state index contributed by atoms with van der Waals surface area (Å²) >= 11 is 1.39. The molecule has 0 saturated carbocycles. The Bertz CT molecular complexity index is 1060. The van der Waals surface area contributed by atoms with Crippen LogP contribution >= 0.6 is 11.3 Å². The molecule has 1 aromatic heterocycles. The lowest BCUT2D eigenvalue weighted by molar-refractivity contribution is 0.0538. The van der Waals surface area contributed by atoms with Crippen molar-refractivity contribution in [3.8, 4) is 21.6 Å². The molecule has 1 aliphatic heterocycles. The first kappa shape index (κ1) is 16.1. The van der Waals surface area contributed by atoms with Gasteiger partial charge in [0.25, 0.3) is 0 Å². The number of sulfone groups is 1. The van der Waals surface area contributed by atoms with E-state index in [1.807, 2.05) is 30.3 Å². The SMILES string of the molecule is CS(=O)(=O)c1ccc(-c2sc3c(c2-c2ccccc2)COC3=O)cc1. The minimum atomic E-state index is -3.24. The van der Waals surface area contributed by atoms with Gasteiger partial charge in [-0.3, -0.25) is 0 Å². The summed E-state index contributed by atoms with van der Waals surface area (Å²) in [6, 6.07) is 16.6. The highest BCUT2D eigenvalue weighted by atomic mass is 32.2. The quantitative estimate of drug-likeness (QED) is 0.650. The summed E-state index contributed by atoms with van der Waals surface area (Å²) in [5.74, 6) is -0.295. The number of benzene rings is 2. The second kappa shape index (κ2) is 5.82. The van der Waals surface area contributed by atoms with Gasteiger partial charge in [-0.25, -0.2) is 13.2 Å². The number of rotatable bonds is 3. The van der Waals surface area contributed by atoms with E-state index in [9.17, 15) is 13.2 Å². The zero-order valence-corrected chi connectivity index (χ0v) is 15.0. The molecule has 6 heteroatoms. The maximum absolute atomic E-state index is 12.0. The fraction of sp³-hybridized carbons (Fsp3) is 0.105. The van der Waals surface area contributed by atoms with Crippen LogP contribution in [0.5, 0.6) is 0 Å². The van der Waals surface area contributed by atoms with Gasteiger partial charge in [-0.15, -0.1) is 11.3 Å². The van der Waals surface area contributed by atoms with Crippen LogP contribution in [0.25, 0.3) is 21.6 Å². The van der Waals surface area contributed by atoms with Crippen molar-refractivity contribution in [3.05, 3.63) is 65.0 Å². The number of ether oxygens (including phenoxy) is 1. The van der Waals surface area contributed by atoms with Crippen LogP contribution in [0.1, 0.15) is 15.2 Å². The predicted molar refractivity (Wildman–Crippen MR) is 97.4 cm³/mol. The molecule has 0 N–H and O–H groups in total. The van der Waals surface area contributed by atoms with E-state index in [4.69, 9.17) is 4.74 Å². The molecule has 0 amide bonds. The second-order valence-electron chi connectivity index (χ2n) is 5.85. The van der Waals surface area contributed by atoms with E-state index in [-0.39, 0.29) is 17.5 Å². The van der Waals surface area contributed by atoms with Crippen molar-refractivity contribution >= 4 is 27.1 Å². The summed E-state index contributed by atoms with van der Waals surface area (Å²) < 4.78 is 28.5. The molecule has 0 fully saturated rings.